The number of hydrogen-bond donors (Lipinski definition) is 1. The molecule has 15 heavy (non-hydrogen) atoms. The van der Waals surface area contributed by atoms with Gasteiger partial charge < -0.3 is 14.8 Å². The zero-order valence-corrected chi connectivity index (χ0v) is 8.79. The predicted octanol–water partition coefficient (Wildman–Crippen LogP) is 0.877. The number of carbonyl (C=O) groups excluding carboxylic acids is 1. The van der Waals surface area contributed by atoms with Crippen molar-refractivity contribution in [3.05, 3.63) is 34.8 Å². The standard InChI is InChI=1S/C11H13NO3/c1-14-9-5-7-3-4-12-11(13)8(7)6-10(9)15-2/h3,6H,4-5H2,1-2H3,(H,12,13). The number of methoxy groups -OCH3 is 2. The second-order valence-corrected chi connectivity index (χ2v) is 3.37. The monoisotopic (exact) mass is 207 g/mol. The minimum atomic E-state index is -0.0443. The van der Waals surface area contributed by atoms with E-state index in [1.54, 1.807) is 20.3 Å². The van der Waals surface area contributed by atoms with Gasteiger partial charge in [0.15, 0.2) is 5.76 Å². The molecule has 0 unspecified atom stereocenters. The highest BCUT2D eigenvalue weighted by Gasteiger charge is 2.25. The first-order valence-corrected chi connectivity index (χ1v) is 4.76. The Kier molecular flexibility index (Phi) is 2.49. The van der Waals surface area contributed by atoms with Gasteiger partial charge in [-0.3, -0.25) is 4.79 Å². The second kappa shape index (κ2) is 3.81. The zero-order valence-electron chi connectivity index (χ0n) is 8.79. The van der Waals surface area contributed by atoms with E-state index < -0.39 is 0 Å². The van der Waals surface area contributed by atoms with Crippen LogP contribution in [0.3, 0.4) is 0 Å². The normalized spacial score (nSPS) is 20.0. The Bertz CT molecular complexity index is 391. The summed E-state index contributed by atoms with van der Waals surface area (Å²) in [5.74, 6) is 1.35. The summed E-state index contributed by atoms with van der Waals surface area (Å²) in [6, 6.07) is 0. The summed E-state index contributed by atoms with van der Waals surface area (Å²) in [5, 5.41) is 2.76. The predicted molar refractivity (Wildman–Crippen MR) is 54.8 cm³/mol. The van der Waals surface area contributed by atoms with Crippen LogP contribution >= 0.6 is 0 Å². The fourth-order valence-corrected chi connectivity index (χ4v) is 1.76. The largest absolute Gasteiger partial charge is 0.497 e. The number of hydrogen-bond acceptors (Lipinski definition) is 3. The molecule has 1 N–H and O–H groups in total. The summed E-state index contributed by atoms with van der Waals surface area (Å²) >= 11 is 0. The van der Waals surface area contributed by atoms with E-state index >= 15 is 0 Å². The molecule has 0 radical (unpaired) electrons. The van der Waals surface area contributed by atoms with E-state index in [2.05, 4.69) is 5.32 Å². The average Bonchev–Trinajstić information content (AvgIpc) is 2.28. The molecule has 0 fully saturated rings. The first kappa shape index (κ1) is 9.83. The molecule has 2 rings (SSSR count). The Morgan fingerprint density at radius 1 is 1.33 bits per heavy atom. The van der Waals surface area contributed by atoms with E-state index in [0.717, 1.165) is 11.3 Å². The number of amides is 1. The van der Waals surface area contributed by atoms with Gasteiger partial charge in [-0.1, -0.05) is 6.08 Å². The molecule has 0 bridgehead atoms. The quantitative estimate of drug-likeness (QED) is 0.731. The molecule has 0 aromatic carbocycles. The van der Waals surface area contributed by atoms with Gasteiger partial charge in [0.25, 0.3) is 5.91 Å². The Morgan fingerprint density at radius 2 is 2.13 bits per heavy atom. The maximum atomic E-state index is 11.5. The van der Waals surface area contributed by atoms with Crippen molar-refractivity contribution in [3.8, 4) is 0 Å². The SMILES string of the molecule is COC1=C(OC)CC2=CCNC(=O)C2=C1. The summed E-state index contributed by atoms with van der Waals surface area (Å²) in [4.78, 5) is 11.5. The zero-order chi connectivity index (χ0) is 10.8. The van der Waals surface area contributed by atoms with Crippen LogP contribution in [0.5, 0.6) is 0 Å². The van der Waals surface area contributed by atoms with Gasteiger partial charge >= 0.3 is 0 Å². The fourth-order valence-electron chi connectivity index (χ4n) is 1.76. The summed E-state index contributed by atoms with van der Waals surface area (Å²) in [6.45, 7) is 0.588. The molecule has 1 amide bonds. The lowest BCUT2D eigenvalue weighted by Gasteiger charge is -2.23. The van der Waals surface area contributed by atoms with E-state index in [0.29, 0.717) is 24.3 Å². The smallest absolute Gasteiger partial charge is 0.251 e. The lowest BCUT2D eigenvalue weighted by atomic mass is 9.93. The molecule has 0 atom stereocenters. The minimum absolute atomic E-state index is 0.0443. The van der Waals surface area contributed by atoms with E-state index in [1.807, 2.05) is 6.08 Å². The van der Waals surface area contributed by atoms with Crippen LogP contribution in [-0.2, 0) is 14.3 Å². The van der Waals surface area contributed by atoms with Crippen LogP contribution in [0.2, 0.25) is 0 Å². The second-order valence-electron chi connectivity index (χ2n) is 3.37. The molecule has 1 aliphatic carbocycles. The molecule has 0 aromatic rings. The molecule has 0 aromatic heterocycles. The fraction of sp³-hybridized carbons (Fsp3) is 0.364. The Morgan fingerprint density at radius 3 is 2.80 bits per heavy atom. The van der Waals surface area contributed by atoms with Gasteiger partial charge in [0, 0.05) is 18.5 Å². The lowest BCUT2D eigenvalue weighted by molar-refractivity contribution is -0.117. The van der Waals surface area contributed by atoms with Gasteiger partial charge in [0.2, 0.25) is 0 Å². The van der Waals surface area contributed by atoms with Crippen molar-refractivity contribution in [1.82, 2.24) is 5.32 Å². The van der Waals surface area contributed by atoms with Crippen LogP contribution in [-0.4, -0.2) is 26.7 Å². The third kappa shape index (κ3) is 1.63. The Hall–Kier alpha value is -1.71. The topological polar surface area (TPSA) is 47.6 Å². The van der Waals surface area contributed by atoms with Gasteiger partial charge in [-0.05, 0) is 11.6 Å². The molecule has 1 heterocycles. The van der Waals surface area contributed by atoms with Crippen molar-refractivity contribution in [3.63, 3.8) is 0 Å². The molecule has 0 saturated heterocycles. The van der Waals surface area contributed by atoms with Crippen LogP contribution in [0.15, 0.2) is 34.8 Å². The average molecular weight is 207 g/mol. The van der Waals surface area contributed by atoms with Crippen molar-refractivity contribution in [1.29, 1.82) is 0 Å². The molecular formula is C11H13NO3. The summed E-state index contributed by atoms with van der Waals surface area (Å²) < 4.78 is 10.4. The third-order valence-electron chi connectivity index (χ3n) is 2.57. The molecule has 80 valence electrons. The van der Waals surface area contributed by atoms with E-state index in [-0.39, 0.29) is 5.91 Å². The molecular weight excluding hydrogens is 194 g/mol. The molecule has 1 aliphatic heterocycles. The number of ether oxygens (including phenoxy) is 2. The first-order valence-electron chi connectivity index (χ1n) is 4.76. The highest BCUT2D eigenvalue weighted by molar-refractivity contribution is 6.00. The van der Waals surface area contributed by atoms with Crippen LogP contribution < -0.4 is 5.32 Å². The molecule has 4 nitrogen and oxygen atoms in total. The van der Waals surface area contributed by atoms with Crippen molar-refractivity contribution < 1.29 is 14.3 Å². The van der Waals surface area contributed by atoms with E-state index in [1.165, 1.54) is 0 Å². The van der Waals surface area contributed by atoms with Crippen LogP contribution in [0, 0.1) is 0 Å². The van der Waals surface area contributed by atoms with Crippen molar-refractivity contribution in [2.24, 2.45) is 0 Å². The van der Waals surface area contributed by atoms with Gasteiger partial charge in [-0.25, -0.2) is 0 Å². The summed E-state index contributed by atoms with van der Waals surface area (Å²) in [5.41, 5.74) is 1.69. The van der Waals surface area contributed by atoms with Crippen molar-refractivity contribution in [2.75, 3.05) is 20.8 Å². The van der Waals surface area contributed by atoms with Gasteiger partial charge in [0.1, 0.15) is 5.76 Å². The summed E-state index contributed by atoms with van der Waals surface area (Å²) in [7, 11) is 3.18. The van der Waals surface area contributed by atoms with Gasteiger partial charge in [-0.15, -0.1) is 0 Å². The Labute approximate surface area is 88.2 Å². The van der Waals surface area contributed by atoms with Crippen molar-refractivity contribution in [2.45, 2.75) is 6.42 Å². The van der Waals surface area contributed by atoms with Crippen molar-refractivity contribution >= 4 is 5.91 Å². The number of nitrogens with one attached hydrogen (secondary N) is 1. The van der Waals surface area contributed by atoms with Gasteiger partial charge in [-0.2, -0.15) is 0 Å². The number of fused-ring (bicyclic) bond motifs is 1. The van der Waals surface area contributed by atoms with Crippen LogP contribution in [0.4, 0.5) is 0 Å². The first-order chi connectivity index (χ1) is 7.26. The number of allylic oxidation sites excluding steroid dienone is 2. The van der Waals surface area contributed by atoms with Crippen LogP contribution in [0.1, 0.15) is 6.42 Å². The molecule has 2 aliphatic rings. The number of carbonyl (C=O) groups is 1. The maximum absolute atomic E-state index is 11.5. The van der Waals surface area contributed by atoms with E-state index in [4.69, 9.17) is 9.47 Å². The number of rotatable bonds is 2. The highest BCUT2D eigenvalue weighted by Crippen LogP contribution is 2.30. The third-order valence-corrected chi connectivity index (χ3v) is 2.57. The van der Waals surface area contributed by atoms with Gasteiger partial charge in [0.05, 0.1) is 14.2 Å². The minimum Gasteiger partial charge on any atom is -0.497 e. The maximum Gasteiger partial charge on any atom is 0.251 e. The summed E-state index contributed by atoms with van der Waals surface area (Å²) in [6.07, 6.45) is 4.35. The Balaban J connectivity index is 2.42. The van der Waals surface area contributed by atoms with Crippen LogP contribution in [0.25, 0.3) is 0 Å². The molecule has 4 heteroatoms. The molecule has 0 saturated carbocycles. The van der Waals surface area contributed by atoms with E-state index in [9.17, 15) is 4.79 Å². The lowest BCUT2D eigenvalue weighted by Crippen LogP contribution is -2.31. The highest BCUT2D eigenvalue weighted by atomic mass is 16.5. The molecule has 0 spiro atoms.